The molecule has 0 unspecified atom stereocenters. The Hall–Kier alpha value is -2.73. The minimum atomic E-state index is -4.91. The number of carbonyl (C=O) groups is 1. The number of nitrogens with one attached hydrogen (secondary N) is 1. The van der Waals surface area contributed by atoms with E-state index in [1.54, 1.807) is 0 Å². The molecule has 3 aromatic carbocycles. The van der Waals surface area contributed by atoms with Gasteiger partial charge in [-0.2, -0.15) is 13.2 Å². The number of rotatable bonds is 10. The van der Waals surface area contributed by atoms with E-state index in [-0.39, 0.29) is 16.8 Å². The number of phosphoric ester groups is 1. The summed E-state index contributed by atoms with van der Waals surface area (Å²) in [5.74, 6) is -1.46. The van der Waals surface area contributed by atoms with Crippen molar-refractivity contribution in [1.29, 1.82) is 0 Å². The molecule has 0 aliphatic rings. The molecule has 5 N–H and O–H groups in total. The van der Waals surface area contributed by atoms with Crippen molar-refractivity contribution in [2.24, 2.45) is 5.73 Å². The summed E-state index contributed by atoms with van der Waals surface area (Å²) in [4.78, 5) is 30.1. The summed E-state index contributed by atoms with van der Waals surface area (Å²) in [7, 11) is -4.91. The molecule has 0 fully saturated rings. The highest BCUT2D eigenvalue weighted by molar-refractivity contribution is 9.10. The van der Waals surface area contributed by atoms with Crippen molar-refractivity contribution in [2.75, 3.05) is 18.5 Å². The van der Waals surface area contributed by atoms with Gasteiger partial charge in [0.05, 0.1) is 17.7 Å². The monoisotopic (exact) mass is 616 g/mol. The highest BCUT2D eigenvalue weighted by Crippen LogP contribution is 2.43. The number of hydrogen-bond donors (Lipinski definition) is 4. The summed E-state index contributed by atoms with van der Waals surface area (Å²) in [5.41, 5.74) is 5.32. The van der Waals surface area contributed by atoms with Crippen LogP contribution in [0.2, 0.25) is 0 Å². The third-order valence-corrected chi connectivity index (χ3v) is 6.41. The second-order valence-electron chi connectivity index (χ2n) is 8.63. The molecule has 8 nitrogen and oxygen atoms in total. The van der Waals surface area contributed by atoms with Gasteiger partial charge in [0.1, 0.15) is 16.9 Å². The molecule has 0 aliphatic carbocycles. The van der Waals surface area contributed by atoms with Gasteiger partial charge < -0.3 is 25.6 Å². The molecule has 0 spiro atoms. The maximum Gasteiger partial charge on any atom is 0.469 e. The fraction of sp³-hybridized carbons (Fsp3) is 0.240. The van der Waals surface area contributed by atoms with Crippen molar-refractivity contribution in [3.63, 3.8) is 0 Å². The Morgan fingerprint density at radius 1 is 1.05 bits per heavy atom. The van der Waals surface area contributed by atoms with Gasteiger partial charge in [-0.15, -0.1) is 0 Å². The summed E-state index contributed by atoms with van der Waals surface area (Å²) in [5, 5.41) is 2.22. The van der Waals surface area contributed by atoms with E-state index in [1.807, 2.05) is 54.6 Å². The quantitative estimate of drug-likeness (QED) is 0.221. The largest absolute Gasteiger partial charge is 0.491 e. The Balaban J connectivity index is 1.71. The lowest BCUT2D eigenvalue weighted by atomic mass is 10.0. The standard InChI is InChI=1S/C25H25BrF3N2O6P/c1-24(30,15-37-38(33,34)35)23(32)31-19-13-20(25(27,28)29)22(21(26)14-19)36-12-11-16-7-9-18(10-8-16)17-5-3-2-4-6-17/h2-10,13-14H,11-12,15,30H2,1H3,(H,31,32)(H2,33,34,35)/t24-/m0/s1. The molecule has 0 saturated carbocycles. The number of amides is 1. The van der Waals surface area contributed by atoms with Gasteiger partial charge in [-0.1, -0.05) is 54.6 Å². The minimum absolute atomic E-state index is 0.0430. The normalized spacial score (nSPS) is 13.6. The van der Waals surface area contributed by atoms with Crippen molar-refractivity contribution in [1.82, 2.24) is 0 Å². The molecule has 13 heteroatoms. The lowest BCUT2D eigenvalue weighted by Crippen LogP contribution is -2.52. The van der Waals surface area contributed by atoms with Gasteiger partial charge in [-0.05, 0) is 51.7 Å². The highest BCUT2D eigenvalue weighted by atomic mass is 79.9. The Labute approximate surface area is 225 Å². The predicted molar refractivity (Wildman–Crippen MR) is 139 cm³/mol. The third-order valence-electron chi connectivity index (χ3n) is 5.36. The first kappa shape index (κ1) is 29.8. The van der Waals surface area contributed by atoms with E-state index in [0.29, 0.717) is 12.5 Å². The lowest BCUT2D eigenvalue weighted by molar-refractivity contribution is -0.139. The van der Waals surface area contributed by atoms with Crippen molar-refractivity contribution in [2.45, 2.75) is 25.1 Å². The van der Waals surface area contributed by atoms with Crippen LogP contribution in [0, 0.1) is 0 Å². The number of alkyl halides is 3. The van der Waals surface area contributed by atoms with Gasteiger partial charge in [-0.3, -0.25) is 9.32 Å². The topological polar surface area (TPSA) is 131 Å². The molecule has 0 bridgehead atoms. The van der Waals surface area contributed by atoms with Crippen LogP contribution in [0.3, 0.4) is 0 Å². The second kappa shape index (κ2) is 12.0. The van der Waals surface area contributed by atoms with Crippen LogP contribution in [0.25, 0.3) is 11.1 Å². The van der Waals surface area contributed by atoms with Crippen LogP contribution in [0.15, 0.2) is 71.2 Å². The first-order chi connectivity index (χ1) is 17.7. The molecule has 3 rings (SSSR count). The summed E-state index contributed by atoms with van der Waals surface area (Å²) >= 11 is 3.07. The number of ether oxygens (including phenoxy) is 1. The van der Waals surface area contributed by atoms with Crippen LogP contribution in [0.1, 0.15) is 18.1 Å². The molecule has 204 valence electrons. The van der Waals surface area contributed by atoms with E-state index in [0.717, 1.165) is 23.6 Å². The van der Waals surface area contributed by atoms with Crippen molar-refractivity contribution in [3.8, 4) is 16.9 Å². The number of anilines is 1. The number of benzene rings is 3. The number of hydrogen-bond acceptors (Lipinski definition) is 5. The van der Waals surface area contributed by atoms with E-state index in [4.69, 9.17) is 20.3 Å². The Morgan fingerprint density at radius 3 is 2.24 bits per heavy atom. The van der Waals surface area contributed by atoms with Crippen LogP contribution < -0.4 is 15.8 Å². The van der Waals surface area contributed by atoms with Crippen LogP contribution >= 0.6 is 23.8 Å². The molecule has 1 atom stereocenters. The van der Waals surface area contributed by atoms with Crippen molar-refractivity contribution < 1.29 is 41.6 Å². The molecule has 0 radical (unpaired) electrons. The summed E-state index contributed by atoms with van der Waals surface area (Å²) < 4.78 is 62.1. The van der Waals surface area contributed by atoms with Gasteiger partial charge in [0.25, 0.3) is 0 Å². The van der Waals surface area contributed by atoms with E-state index in [2.05, 4.69) is 25.8 Å². The van der Waals surface area contributed by atoms with Crippen molar-refractivity contribution >= 4 is 35.3 Å². The Morgan fingerprint density at radius 2 is 1.66 bits per heavy atom. The van der Waals surface area contributed by atoms with Crippen LogP contribution in [0.4, 0.5) is 18.9 Å². The van der Waals surface area contributed by atoms with E-state index >= 15 is 0 Å². The fourth-order valence-electron chi connectivity index (χ4n) is 3.35. The number of halogens is 4. The lowest BCUT2D eigenvalue weighted by Gasteiger charge is -2.24. The zero-order valence-corrected chi connectivity index (χ0v) is 22.5. The molecule has 1 amide bonds. The fourth-order valence-corrected chi connectivity index (χ4v) is 4.36. The number of phosphoric acid groups is 1. The van der Waals surface area contributed by atoms with Gasteiger partial charge in [-0.25, -0.2) is 4.57 Å². The molecule has 0 aliphatic heterocycles. The third kappa shape index (κ3) is 8.39. The average molecular weight is 617 g/mol. The molecule has 0 aromatic heterocycles. The van der Waals surface area contributed by atoms with Gasteiger partial charge in [0.15, 0.2) is 0 Å². The van der Waals surface area contributed by atoms with Gasteiger partial charge in [0.2, 0.25) is 5.91 Å². The van der Waals surface area contributed by atoms with Crippen molar-refractivity contribution in [3.05, 3.63) is 82.3 Å². The first-order valence-electron chi connectivity index (χ1n) is 11.1. The second-order valence-corrected chi connectivity index (χ2v) is 10.7. The predicted octanol–water partition coefficient (Wildman–Crippen LogP) is 5.52. The molecule has 38 heavy (non-hydrogen) atoms. The minimum Gasteiger partial charge on any atom is -0.491 e. The summed E-state index contributed by atoms with van der Waals surface area (Å²) in [6.45, 7) is 0.199. The molecular formula is C25H25BrF3N2O6P. The van der Waals surface area contributed by atoms with E-state index in [1.165, 1.54) is 6.07 Å². The van der Waals surface area contributed by atoms with Gasteiger partial charge in [0, 0.05) is 12.1 Å². The first-order valence-corrected chi connectivity index (χ1v) is 13.5. The van der Waals surface area contributed by atoms with Crippen LogP contribution in [0.5, 0.6) is 5.75 Å². The molecule has 0 saturated heterocycles. The van der Waals surface area contributed by atoms with Gasteiger partial charge >= 0.3 is 14.0 Å². The zero-order valence-electron chi connectivity index (χ0n) is 20.0. The van der Waals surface area contributed by atoms with Crippen LogP contribution in [-0.2, 0) is 26.5 Å². The molecule has 3 aromatic rings. The van der Waals surface area contributed by atoms with E-state index < -0.39 is 43.4 Å². The molecule has 0 heterocycles. The SMILES string of the molecule is C[C@](N)(COP(=O)(O)O)C(=O)Nc1cc(Br)c(OCCc2ccc(-c3ccccc3)cc2)c(C(F)(F)F)c1. The molecular weight excluding hydrogens is 592 g/mol. The zero-order chi connectivity index (χ0) is 28.1. The van der Waals surface area contributed by atoms with E-state index in [9.17, 15) is 22.5 Å². The Bertz CT molecular complexity index is 1320. The maximum atomic E-state index is 13.8. The number of carbonyl (C=O) groups excluding carboxylic acids is 1. The van der Waals surface area contributed by atoms with Crippen LogP contribution in [-0.4, -0.2) is 34.4 Å². The highest BCUT2D eigenvalue weighted by Gasteiger charge is 2.37. The smallest absolute Gasteiger partial charge is 0.469 e. The summed E-state index contributed by atoms with van der Waals surface area (Å²) in [6, 6.07) is 19.2. The number of nitrogens with two attached hydrogens (primary N) is 1. The Kier molecular flexibility index (Phi) is 9.40. The average Bonchev–Trinajstić information content (AvgIpc) is 2.84. The maximum absolute atomic E-state index is 13.8. The summed E-state index contributed by atoms with van der Waals surface area (Å²) in [6.07, 6.45) is -4.46.